The zero-order valence-electron chi connectivity index (χ0n) is 15.4. The maximum absolute atomic E-state index is 15.2. The summed E-state index contributed by atoms with van der Waals surface area (Å²) < 4.78 is 53.5. The number of alkyl halides is 2. The van der Waals surface area contributed by atoms with Crippen LogP contribution in [0.2, 0.25) is 0 Å². The van der Waals surface area contributed by atoms with Crippen molar-refractivity contribution in [3.05, 3.63) is 59.9 Å². The summed E-state index contributed by atoms with van der Waals surface area (Å²) in [6.45, 7) is 0.656. The molecule has 1 saturated heterocycles. The Labute approximate surface area is 189 Å². The van der Waals surface area contributed by atoms with Crippen LogP contribution in [0.15, 0.2) is 48.5 Å². The molecular formula is C20H22ClF2IN2O2S. The highest BCUT2D eigenvalue weighted by atomic mass is 127. The third-order valence-electron chi connectivity index (χ3n) is 5.80. The third-order valence-corrected chi connectivity index (χ3v) is 8.86. The predicted molar refractivity (Wildman–Crippen MR) is 121 cm³/mol. The molecule has 4 rings (SSSR count). The van der Waals surface area contributed by atoms with Crippen LogP contribution in [-0.2, 0) is 16.4 Å². The van der Waals surface area contributed by atoms with E-state index in [1.807, 2.05) is 36.4 Å². The van der Waals surface area contributed by atoms with Gasteiger partial charge in [-0.25, -0.2) is 21.9 Å². The highest BCUT2D eigenvalue weighted by Crippen LogP contribution is 2.52. The summed E-state index contributed by atoms with van der Waals surface area (Å²) in [6.07, 6.45) is 2.10. The molecule has 1 heterocycles. The van der Waals surface area contributed by atoms with E-state index in [4.69, 9.17) is 0 Å². The zero-order valence-corrected chi connectivity index (χ0v) is 19.2. The van der Waals surface area contributed by atoms with Gasteiger partial charge in [0.1, 0.15) is 5.82 Å². The van der Waals surface area contributed by atoms with E-state index in [0.717, 1.165) is 18.4 Å². The second-order valence-electron chi connectivity index (χ2n) is 7.60. The van der Waals surface area contributed by atoms with Gasteiger partial charge in [-0.15, -0.1) is 12.4 Å². The summed E-state index contributed by atoms with van der Waals surface area (Å²) in [5.74, 6) is -0.300. The molecule has 2 N–H and O–H groups in total. The number of hydrogen-bond acceptors (Lipinski definition) is 3. The second kappa shape index (κ2) is 8.74. The van der Waals surface area contributed by atoms with Gasteiger partial charge in [-0.05, 0) is 53.0 Å². The number of nitrogens with one attached hydrogen (secondary N) is 2. The number of hydrogen-bond donors (Lipinski definition) is 2. The normalized spacial score (nSPS) is 23.6. The molecule has 1 unspecified atom stereocenters. The van der Waals surface area contributed by atoms with E-state index in [0.29, 0.717) is 24.1 Å². The molecule has 2 aromatic rings. The van der Waals surface area contributed by atoms with E-state index in [9.17, 15) is 12.8 Å². The largest absolute Gasteiger partial charge is 0.311 e. The zero-order chi connectivity index (χ0) is 19.9. The first-order valence-electron chi connectivity index (χ1n) is 9.18. The summed E-state index contributed by atoms with van der Waals surface area (Å²) in [5, 5.41) is 3.34. The topological polar surface area (TPSA) is 58.2 Å². The minimum atomic E-state index is -4.06. The highest BCUT2D eigenvalue weighted by molar-refractivity contribution is 14.1. The Morgan fingerprint density at radius 3 is 2.48 bits per heavy atom. The van der Waals surface area contributed by atoms with Crippen LogP contribution < -0.4 is 10.0 Å². The molecule has 0 radical (unpaired) electrons. The molecule has 1 aliphatic carbocycles. The summed E-state index contributed by atoms with van der Waals surface area (Å²) in [7, 11) is -4.06. The Morgan fingerprint density at radius 1 is 1.17 bits per heavy atom. The van der Waals surface area contributed by atoms with Crippen LogP contribution in [-0.4, -0.2) is 30.6 Å². The molecule has 4 nitrogen and oxygen atoms in total. The molecule has 0 amide bonds. The monoisotopic (exact) mass is 554 g/mol. The molecule has 1 saturated carbocycles. The van der Waals surface area contributed by atoms with Crippen LogP contribution in [0.1, 0.15) is 18.4 Å². The first-order chi connectivity index (χ1) is 13.3. The molecule has 29 heavy (non-hydrogen) atoms. The summed E-state index contributed by atoms with van der Waals surface area (Å²) in [4.78, 5) is 0. The molecule has 158 valence electrons. The fourth-order valence-electron chi connectivity index (χ4n) is 4.08. The molecule has 0 aromatic heterocycles. The van der Waals surface area contributed by atoms with Crippen molar-refractivity contribution in [1.82, 2.24) is 10.0 Å². The van der Waals surface area contributed by atoms with Crippen molar-refractivity contribution in [2.24, 2.45) is 5.41 Å². The average Bonchev–Trinajstić information content (AvgIpc) is 3.39. The van der Waals surface area contributed by atoms with Crippen molar-refractivity contribution < 1.29 is 17.2 Å². The number of halogens is 4. The van der Waals surface area contributed by atoms with E-state index in [1.165, 1.54) is 22.6 Å². The van der Waals surface area contributed by atoms with Crippen LogP contribution in [0.25, 0.3) is 11.1 Å². The Bertz CT molecular complexity index is 972. The van der Waals surface area contributed by atoms with Gasteiger partial charge < -0.3 is 5.32 Å². The van der Waals surface area contributed by atoms with E-state index in [1.54, 1.807) is 12.1 Å². The SMILES string of the molecule is Cl.O=S(=O)(N[C@@H]1[C@H](Cc2cccc(-c3ccccc3)c2F)NCC12CC2)C(F)I. The Morgan fingerprint density at radius 2 is 1.86 bits per heavy atom. The molecule has 2 aromatic carbocycles. The summed E-state index contributed by atoms with van der Waals surface area (Å²) >= 11 is 1.25. The van der Waals surface area contributed by atoms with Gasteiger partial charge in [-0.2, -0.15) is 0 Å². The predicted octanol–water partition coefficient (Wildman–Crippen LogP) is 4.19. The minimum Gasteiger partial charge on any atom is -0.311 e. The quantitative estimate of drug-likeness (QED) is 0.416. The standard InChI is InChI=1S/C20H21F2IN2O2S.ClH/c21-17-14(7-4-8-15(17)13-5-2-1-3-6-13)11-16-18(20(9-10-20)12-24-16)25-28(26,27)19(22)23;/h1-8,16,18-19,24-25H,9-12H2;1H/t16-,18+,19?;/m0./s1. The number of rotatable bonds is 6. The molecule has 3 atom stereocenters. The summed E-state index contributed by atoms with van der Waals surface area (Å²) in [6, 6.07) is 13.9. The molecule has 1 spiro atoms. The Kier molecular flexibility index (Phi) is 6.89. The van der Waals surface area contributed by atoms with E-state index in [-0.39, 0.29) is 29.7 Å². The Hall–Kier alpha value is -0.810. The molecule has 0 bridgehead atoms. The lowest BCUT2D eigenvalue weighted by atomic mass is 9.91. The lowest BCUT2D eigenvalue weighted by molar-refractivity contribution is 0.399. The van der Waals surface area contributed by atoms with Gasteiger partial charge in [-0.3, -0.25) is 0 Å². The van der Waals surface area contributed by atoms with Gasteiger partial charge in [0.2, 0.25) is 0 Å². The molecule has 2 fully saturated rings. The van der Waals surface area contributed by atoms with Crippen LogP contribution in [0.4, 0.5) is 8.78 Å². The Balaban J connectivity index is 0.00000240. The van der Waals surface area contributed by atoms with Gasteiger partial charge in [0, 0.05) is 29.6 Å². The molecule has 1 aliphatic heterocycles. The number of benzene rings is 2. The molecule has 2 aliphatic rings. The average molecular weight is 555 g/mol. The van der Waals surface area contributed by atoms with Crippen molar-refractivity contribution in [2.75, 3.05) is 6.54 Å². The van der Waals surface area contributed by atoms with Gasteiger partial charge in [0.05, 0.1) is 0 Å². The molecular weight excluding hydrogens is 533 g/mol. The second-order valence-corrected chi connectivity index (χ2v) is 11.3. The van der Waals surface area contributed by atoms with Gasteiger partial charge in [-0.1, -0.05) is 48.5 Å². The first kappa shape index (κ1) is 22.9. The van der Waals surface area contributed by atoms with Gasteiger partial charge in [0.15, 0.2) is 0 Å². The minimum absolute atomic E-state index is 0. The highest BCUT2D eigenvalue weighted by Gasteiger charge is 2.57. The summed E-state index contributed by atoms with van der Waals surface area (Å²) in [5.41, 5.74) is 1.65. The van der Waals surface area contributed by atoms with Crippen LogP contribution in [0.5, 0.6) is 0 Å². The third kappa shape index (κ3) is 4.61. The van der Waals surface area contributed by atoms with Crippen molar-refractivity contribution >= 4 is 45.0 Å². The van der Waals surface area contributed by atoms with Crippen LogP contribution in [0.3, 0.4) is 0 Å². The van der Waals surface area contributed by atoms with E-state index >= 15 is 4.39 Å². The number of sulfonamides is 1. The van der Waals surface area contributed by atoms with Gasteiger partial charge in [0.25, 0.3) is 13.5 Å². The fraction of sp³-hybridized carbons (Fsp3) is 0.400. The van der Waals surface area contributed by atoms with Crippen molar-refractivity contribution in [2.45, 2.75) is 34.9 Å². The van der Waals surface area contributed by atoms with E-state index in [2.05, 4.69) is 10.0 Å². The first-order valence-corrected chi connectivity index (χ1v) is 12.0. The van der Waals surface area contributed by atoms with Crippen molar-refractivity contribution in [1.29, 1.82) is 0 Å². The smallest absolute Gasteiger partial charge is 0.264 e. The van der Waals surface area contributed by atoms with Crippen molar-refractivity contribution in [3.8, 4) is 11.1 Å². The maximum atomic E-state index is 15.2. The van der Waals surface area contributed by atoms with Gasteiger partial charge >= 0.3 is 0 Å². The fourth-order valence-corrected chi connectivity index (χ4v) is 5.39. The van der Waals surface area contributed by atoms with Crippen molar-refractivity contribution in [3.63, 3.8) is 0 Å². The lowest BCUT2D eigenvalue weighted by Crippen LogP contribution is -2.49. The van der Waals surface area contributed by atoms with E-state index < -0.39 is 19.6 Å². The lowest BCUT2D eigenvalue weighted by Gasteiger charge is -2.25. The van der Waals surface area contributed by atoms with Crippen LogP contribution in [0, 0.1) is 11.2 Å². The molecule has 9 heteroatoms. The maximum Gasteiger partial charge on any atom is 0.264 e. The van der Waals surface area contributed by atoms with Crippen LogP contribution >= 0.6 is 35.0 Å².